The molecular weight excluding hydrogens is 1660 g/mol. The molecule has 32 nitrogen and oxygen atoms in total. The normalized spacial score (nSPS) is 18.5. The SMILES string of the molecule is Cc1nnc(-c2ccccc2O)cc1N1CCN(C(=O)CCOCCOCCOCCOCCNC(=O)c2ccc3c(c2)C2(OC3=O)c3cc4c5c(c3Oc3c2cc2c6c3CCCN6CCC2)CCCN5CCC4)CC1.Nc1nnc(-c2ccccc2O)cc1N1CCN(C(=O)CCOCCOCCOCCOCCCC(=O)CCCC[C@@H]2SC[C@@H]3NC(=O)N[C@@H]32)CC1. The molecule has 5 aromatic carbocycles. The number of thioether (sulfide) groups is 1. The van der Waals surface area contributed by atoms with Crippen molar-refractivity contribution in [2.24, 2.45) is 0 Å². The van der Waals surface area contributed by atoms with Gasteiger partial charge in [-0.2, -0.15) is 16.9 Å². The highest BCUT2D eigenvalue weighted by Gasteiger charge is 2.57. The minimum absolute atomic E-state index is 0.0433. The Morgan fingerprint density at radius 1 is 0.508 bits per heavy atom. The Labute approximate surface area is 751 Å². The van der Waals surface area contributed by atoms with Gasteiger partial charge in [-0.3, -0.25) is 19.2 Å². The van der Waals surface area contributed by atoms with Crippen LogP contribution in [0.2, 0.25) is 0 Å². The standard InChI is InChI=1S/C59H67N7O10.C36H53N7O8S/c1-38-50(37-49(62-61-38)43-10-2-3-13-51(43)67)63-22-24-64(25-23-63)52(68)16-26-71-28-30-73-32-33-74-31-29-72-27-17-60-57(69)41-14-15-42-46(36-41)59(76-58(42)70)47-34-39-8-4-18-65-20-6-11-44(53(39)65)55(47)75-56-45-12-7-21-66-19-5-9-40(54(45)66)35-48(56)59;37-35-30(24-28(40-41-35)27-8-2-3-9-31(27)45)42-12-14-43(15-13-42)33(46)11-17-49-19-21-51-23-22-50-20-18-48-16-5-7-26(44)6-1-4-10-32-34-29(25-52-32)38-36(47)39-34/h2-3,10,13-15,34-37,67H,4-9,11-12,16-33H2,1H3,(H,60,69);2-3,8-9,24,29,32,34,45H,1,4-7,10-23,25H2,(H2,37,41)(H2,38,39,47)/t;29-,32-,34-/m.0/s1. The van der Waals surface area contributed by atoms with Gasteiger partial charge in [0.1, 0.15) is 28.8 Å². The van der Waals surface area contributed by atoms with Crippen LogP contribution in [0.3, 0.4) is 0 Å². The maximum absolute atomic E-state index is 14.2. The van der Waals surface area contributed by atoms with E-state index >= 15 is 0 Å². The summed E-state index contributed by atoms with van der Waals surface area (Å²) in [5.74, 6) is 2.93. The molecule has 4 fully saturated rings. The second-order valence-electron chi connectivity index (χ2n) is 33.9. The maximum atomic E-state index is 14.2. The number of ketones is 1. The fraction of sp³-hybridized carbons (Fsp3) is 0.537. The Hall–Kier alpha value is -10.5. The van der Waals surface area contributed by atoms with Gasteiger partial charge in [-0.1, -0.05) is 30.7 Å². The first-order valence-corrected chi connectivity index (χ1v) is 46.8. The smallest absolute Gasteiger partial charge is 0.340 e. The molecule has 0 radical (unpaired) electrons. The van der Waals surface area contributed by atoms with E-state index < -0.39 is 5.60 Å². The zero-order valence-corrected chi connectivity index (χ0v) is 74.1. The van der Waals surface area contributed by atoms with E-state index in [9.17, 15) is 39.0 Å². The van der Waals surface area contributed by atoms with Gasteiger partial charge < -0.3 is 109 Å². The van der Waals surface area contributed by atoms with Crippen LogP contribution in [-0.4, -0.2) is 290 Å². The largest absolute Gasteiger partial charge is 0.507 e. The van der Waals surface area contributed by atoms with Crippen molar-refractivity contribution in [1.82, 2.24) is 46.1 Å². The van der Waals surface area contributed by atoms with Crippen LogP contribution in [0.4, 0.5) is 33.4 Å². The highest BCUT2D eigenvalue weighted by Crippen LogP contribution is 2.62. The molecule has 33 heteroatoms. The number of ether oxygens (including phenoxy) is 10. The highest BCUT2D eigenvalue weighted by atomic mass is 32.2. The number of carbonyl (C=O) groups excluding carboxylic acids is 6. The van der Waals surface area contributed by atoms with Crippen LogP contribution in [0.25, 0.3) is 22.5 Å². The third kappa shape index (κ3) is 21.5. The van der Waals surface area contributed by atoms with Crippen molar-refractivity contribution in [2.45, 2.75) is 133 Å². The fourth-order valence-electron chi connectivity index (χ4n) is 19.2. The number of Topliss-reactive ketones (excluding diaryl/α,β-unsaturated/α-hetero) is 1. The number of hydrogen-bond donors (Lipinski definition) is 6. The number of carbonyl (C=O) groups is 6. The van der Waals surface area contributed by atoms with Crippen molar-refractivity contribution < 1.29 is 86.3 Å². The Morgan fingerprint density at radius 3 is 1.55 bits per heavy atom. The molecule has 2 aromatic heterocycles. The number of benzene rings is 5. The third-order valence-electron chi connectivity index (χ3n) is 25.7. The van der Waals surface area contributed by atoms with Gasteiger partial charge in [0.15, 0.2) is 11.4 Å². The fourth-order valence-corrected chi connectivity index (χ4v) is 20.8. The van der Waals surface area contributed by atoms with E-state index in [4.69, 9.17) is 53.1 Å². The van der Waals surface area contributed by atoms with Crippen molar-refractivity contribution in [3.8, 4) is 45.5 Å². The molecule has 3 atom stereocenters. The number of nitrogen functional groups attached to an aromatic ring is 1. The van der Waals surface area contributed by atoms with E-state index in [0.717, 1.165) is 142 Å². The minimum atomic E-state index is -1.26. The molecule has 4 saturated heterocycles. The summed E-state index contributed by atoms with van der Waals surface area (Å²) in [6.45, 7) is 17.7. The maximum Gasteiger partial charge on any atom is 0.340 e. The molecule has 5 amide bonds. The van der Waals surface area contributed by atoms with Gasteiger partial charge in [0.2, 0.25) is 11.8 Å². The Kier molecular flexibility index (Phi) is 31.0. The number of nitrogens with zero attached hydrogens (tertiary/aromatic N) is 10. The van der Waals surface area contributed by atoms with Crippen LogP contribution in [0.1, 0.15) is 142 Å². The van der Waals surface area contributed by atoms with E-state index in [-0.39, 0.29) is 59.1 Å². The van der Waals surface area contributed by atoms with Gasteiger partial charge in [0.05, 0.1) is 158 Å². The van der Waals surface area contributed by atoms with Crippen LogP contribution in [0, 0.1) is 6.92 Å². The summed E-state index contributed by atoms with van der Waals surface area (Å²) in [4.78, 5) is 90.4. The lowest BCUT2D eigenvalue weighted by molar-refractivity contribution is -0.133. The number of phenols is 2. The predicted molar refractivity (Wildman–Crippen MR) is 484 cm³/mol. The van der Waals surface area contributed by atoms with Crippen LogP contribution >= 0.6 is 11.8 Å². The highest BCUT2D eigenvalue weighted by molar-refractivity contribution is 8.00. The van der Waals surface area contributed by atoms with Gasteiger partial charge in [-0.05, 0) is 155 Å². The molecule has 7 N–H and O–H groups in total. The molecule has 0 unspecified atom stereocenters. The number of aryl methyl sites for hydroxylation is 3. The molecule has 17 rings (SSSR count). The zero-order chi connectivity index (χ0) is 88.3. The molecule has 10 aliphatic rings. The molecule has 128 heavy (non-hydrogen) atoms. The van der Waals surface area contributed by atoms with E-state index in [1.165, 1.54) is 33.6 Å². The number of nitrogens with one attached hydrogen (secondary N) is 3. The number of anilines is 5. The molecule has 10 aliphatic heterocycles. The Balaban J connectivity index is 0.000000203. The summed E-state index contributed by atoms with van der Waals surface area (Å²) in [6.07, 6.45) is 13.3. The number of unbranched alkanes of at least 4 members (excludes halogenated alkanes) is 1. The summed E-state index contributed by atoms with van der Waals surface area (Å²) in [7, 11) is 0. The first-order chi connectivity index (χ1) is 62.6. The first kappa shape index (κ1) is 90.8. The average molecular weight is 1780 g/mol. The number of piperazine rings is 2. The quantitative estimate of drug-likeness (QED) is 0.0118. The number of amides is 5. The lowest BCUT2D eigenvalue weighted by atomic mass is 9.72. The number of urea groups is 1. The minimum Gasteiger partial charge on any atom is -0.507 e. The second kappa shape index (κ2) is 43.7. The van der Waals surface area contributed by atoms with E-state index in [1.54, 1.807) is 42.5 Å². The number of aromatic hydroxyl groups is 2. The van der Waals surface area contributed by atoms with Crippen LogP contribution in [0.15, 0.2) is 91.0 Å². The van der Waals surface area contributed by atoms with Crippen molar-refractivity contribution >= 4 is 75.8 Å². The summed E-state index contributed by atoms with van der Waals surface area (Å²) in [6, 6.07) is 28.1. The number of phenolic OH excluding ortho intramolecular Hbond substituents is 2. The van der Waals surface area contributed by atoms with Gasteiger partial charge in [0, 0.05) is 171 Å². The summed E-state index contributed by atoms with van der Waals surface area (Å²) < 4.78 is 59.1. The molecule has 0 saturated carbocycles. The summed E-state index contributed by atoms with van der Waals surface area (Å²) >= 11 is 1.91. The number of para-hydroxylation sites is 2. The van der Waals surface area contributed by atoms with Crippen LogP contribution in [0.5, 0.6) is 23.0 Å². The monoisotopic (exact) mass is 1780 g/mol. The number of fused-ring (bicyclic) bond motifs is 9. The summed E-state index contributed by atoms with van der Waals surface area (Å²) in [5.41, 5.74) is 20.6. The lowest BCUT2D eigenvalue weighted by Gasteiger charge is -2.45. The van der Waals surface area contributed by atoms with Crippen LogP contribution < -0.4 is 46.0 Å². The average Bonchev–Trinajstić information content (AvgIpc) is 1.40. The van der Waals surface area contributed by atoms with Crippen molar-refractivity contribution in [3.05, 3.63) is 147 Å². The van der Waals surface area contributed by atoms with E-state index in [2.05, 4.69) is 68.1 Å². The molecule has 7 aromatic rings. The zero-order valence-electron chi connectivity index (χ0n) is 73.3. The summed E-state index contributed by atoms with van der Waals surface area (Å²) in [5, 5.41) is 46.8. The van der Waals surface area contributed by atoms with Gasteiger partial charge in [-0.15, -0.1) is 15.3 Å². The molecule has 1 spiro atoms. The molecule has 0 bridgehead atoms. The number of nitrogens with two attached hydrogens (primary N) is 1. The van der Waals surface area contributed by atoms with Crippen molar-refractivity contribution in [3.63, 3.8) is 0 Å². The van der Waals surface area contributed by atoms with Gasteiger partial charge in [-0.25, -0.2) is 9.59 Å². The van der Waals surface area contributed by atoms with E-state index in [1.807, 2.05) is 64.9 Å². The van der Waals surface area contributed by atoms with Crippen molar-refractivity contribution in [1.29, 1.82) is 0 Å². The van der Waals surface area contributed by atoms with Crippen LogP contribution in [-0.2, 0) is 88.3 Å². The predicted octanol–water partition coefficient (Wildman–Crippen LogP) is 9.27. The van der Waals surface area contributed by atoms with E-state index in [0.29, 0.717) is 247 Å². The molecule has 12 heterocycles. The number of hydrogen-bond acceptors (Lipinski definition) is 28. The number of rotatable bonds is 41. The molecule has 684 valence electrons. The number of aromatic nitrogens is 4. The third-order valence-corrected chi connectivity index (χ3v) is 27.2. The molecular formula is C95H120N14O18S. The van der Waals surface area contributed by atoms with Crippen molar-refractivity contribution in [2.75, 3.05) is 222 Å². The van der Waals surface area contributed by atoms with Gasteiger partial charge in [0.25, 0.3) is 5.91 Å². The lowest BCUT2D eigenvalue weighted by Crippen LogP contribution is -2.49. The Bertz CT molecular complexity index is 4980. The number of esters is 1. The Morgan fingerprint density at radius 2 is 1.00 bits per heavy atom. The van der Waals surface area contributed by atoms with Gasteiger partial charge >= 0.3 is 12.0 Å². The first-order valence-electron chi connectivity index (χ1n) is 45.8. The second-order valence-corrected chi connectivity index (χ2v) is 35.2. The molecule has 0 aliphatic carbocycles. The topological polar surface area (TPSA) is 368 Å².